The molecule has 0 aromatic heterocycles. The number of Topliss-reactive ketones (excluding diaryl/α,β-unsaturated/α-hetero) is 1. The fourth-order valence-corrected chi connectivity index (χ4v) is 15.5. The molecule has 2 aromatic rings. The molecule has 6 rings (SSSR count). The number of aliphatic hydroxyl groups excluding tert-OH is 1. The summed E-state index contributed by atoms with van der Waals surface area (Å²) in [6.45, 7) is 16.3. The van der Waals surface area contributed by atoms with Gasteiger partial charge in [-0.25, -0.2) is 4.79 Å². The molecule has 1 heterocycles. The summed E-state index contributed by atoms with van der Waals surface area (Å²) in [5, 5.41) is 25.4. The Hall–Kier alpha value is -3.20. The van der Waals surface area contributed by atoms with E-state index in [1.165, 1.54) is 19.1 Å². The number of ketones is 1. The summed E-state index contributed by atoms with van der Waals surface area (Å²) in [7, 11) is -6.45. The zero-order chi connectivity index (χ0) is 41.9. The normalized spacial score (nSPS) is 33.6. The Labute approximate surface area is 338 Å². The molecule has 11 nitrogen and oxygen atoms in total. The highest BCUT2D eigenvalue weighted by molar-refractivity contribution is 7.86. The number of carbonyl (C=O) groups excluding carboxylic acids is 3. The molecule has 0 amide bonds. The van der Waals surface area contributed by atoms with Crippen LogP contribution in [0.5, 0.6) is 0 Å². The first-order valence-corrected chi connectivity index (χ1v) is 24.6. The second-order valence-corrected chi connectivity index (χ2v) is 25.0. The van der Waals surface area contributed by atoms with E-state index in [2.05, 4.69) is 20.8 Å². The molecule has 0 radical (unpaired) electrons. The Kier molecular flexibility index (Phi) is 11.7. The lowest BCUT2D eigenvalue weighted by Crippen LogP contribution is -2.81. The predicted octanol–water partition coefficient (Wildman–Crippen LogP) is 6.96. The third kappa shape index (κ3) is 6.97. The van der Waals surface area contributed by atoms with Crippen molar-refractivity contribution >= 4 is 35.9 Å². The number of aryl methyl sites for hydroxylation is 1. The quantitative estimate of drug-likeness (QED) is 0.0986. The van der Waals surface area contributed by atoms with E-state index in [9.17, 15) is 28.2 Å². The summed E-state index contributed by atoms with van der Waals surface area (Å²) in [6, 6.07) is 18.4. The van der Waals surface area contributed by atoms with Crippen LogP contribution in [0.4, 0.5) is 0 Å². The number of fused-ring (bicyclic) bond motifs is 5. The first-order chi connectivity index (χ1) is 26.7. The minimum atomic E-state index is -4.63. The van der Waals surface area contributed by atoms with Gasteiger partial charge < -0.3 is 24.4 Å². The van der Waals surface area contributed by atoms with Gasteiger partial charge in [-0.2, -0.15) is 8.42 Å². The number of hydrogen-bond acceptors (Lipinski definition) is 11. The van der Waals surface area contributed by atoms with Crippen LogP contribution in [0.1, 0.15) is 90.6 Å². The highest BCUT2D eigenvalue weighted by atomic mass is 32.2. The van der Waals surface area contributed by atoms with Crippen LogP contribution in [0.25, 0.3) is 0 Å². The molecule has 4 aliphatic rings. The molecule has 2 aromatic carbocycles. The molecule has 13 heteroatoms. The monoisotopic (exact) mass is 824 g/mol. The molecule has 3 aliphatic carbocycles. The van der Waals surface area contributed by atoms with E-state index in [-0.39, 0.29) is 29.1 Å². The van der Waals surface area contributed by atoms with E-state index in [1.807, 2.05) is 6.92 Å². The number of carbonyl (C=O) groups is 3. The van der Waals surface area contributed by atoms with Crippen molar-refractivity contribution in [2.45, 2.75) is 146 Å². The van der Waals surface area contributed by atoms with Gasteiger partial charge in [-0.3, -0.25) is 13.8 Å². The minimum Gasteiger partial charge on any atom is -0.455 e. The van der Waals surface area contributed by atoms with Crippen LogP contribution in [0.2, 0.25) is 24.2 Å². The first-order valence-electron chi connectivity index (χ1n) is 20.4. The minimum absolute atomic E-state index is 0.108. The van der Waals surface area contributed by atoms with Crippen molar-refractivity contribution in [3.8, 4) is 0 Å². The van der Waals surface area contributed by atoms with E-state index in [4.69, 9.17) is 18.4 Å². The summed E-state index contributed by atoms with van der Waals surface area (Å²) in [6.07, 6.45) is -4.92. The lowest BCUT2D eigenvalue weighted by molar-refractivity contribution is -0.341. The van der Waals surface area contributed by atoms with Crippen LogP contribution in [-0.4, -0.2) is 86.7 Å². The molecule has 1 saturated heterocycles. The van der Waals surface area contributed by atoms with Gasteiger partial charge in [0.1, 0.15) is 17.8 Å². The Bertz CT molecular complexity index is 2000. The van der Waals surface area contributed by atoms with Crippen LogP contribution in [-0.2, 0) is 38.1 Å². The molecule has 57 heavy (non-hydrogen) atoms. The Morgan fingerprint density at radius 3 is 2.12 bits per heavy atom. The van der Waals surface area contributed by atoms with Crippen molar-refractivity contribution in [3.63, 3.8) is 0 Å². The van der Waals surface area contributed by atoms with Crippen LogP contribution >= 0.6 is 0 Å². The zero-order valence-corrected chi connectivity index (χ0v) is 36.6. The fraction of sp³-hybridized carbons (Fsp3) is 0.614. The highest BCUT2D eigenvalue weighted by Crippen LogP contribution is 2.66. The smallest absolute Gasteiger partial charge is 0.338 e. The summed E-state index contributed by atoms with van der Waals surface area (Å²) >= 11 is 0. The average molecular weight is 825 g/mol. The Morgan fingerprint density at radius 2 is 1.58 bits per heavy atom. The lowest BCUT2D eigenvalue weighted by Gasteiger charge is -2.68. The maximum absolute atomic E-state index is 16.2. The average Bonchev–Trinajstić information content (AvgIpc) is 3.16. The molecular weight excluding hydrogens is 765 g/mol. The number of aliphatic hydroxyl groups is 2. The summed E-state index contributed by atoms with van der Waals surface area (Å²) in [4.78, 5) is 43.6. The van der Waals surface area contributed by atoms with Gasteiger partial charge in [0.05, 0.1) is 37.2 Å². The third-order valence-corrected chi connectivity index (χ3v) is 22.1. The van der Waals surface area contributed by atoms with Crippen LogP contribution in [0.15, 0.2) is 70.6 Å². The van der Waals surface area contributed by atoms with Crippen molar-refractivity contribution in [2.75, 3.05) is 6.61 Å². The van der Waals surface area contributed by atoms with Crippen molar-refractivity contribution in [2.24, 2.45) is 22.7 Å². The van der Waals surface area contributed by atoms with Crippen molar-refractivity contribution < 1.29 is 51.4 Å². The van der Waals surface area contributed by atoms with Gasteiger partial charge in [0, 0.05) is 24.2 Å². The largest absolute Gasteiger partial charge is 0.455 e. The number of rotatable bonds is 12. The van der Waals surface area contributed by atoms with Crippen LogP contribution < -0.4 is 0 Å². The molecule has 9 atom stereocenters. The number of esters is 2. The van der Waals surface area contributed by atoms with E-state index >= 15 is 4.79 Å². The van der Waals surface area contributed by atoms with Gasteiger partial charge in [0.2, 0.25) is 0 Å². The molecule has 0 unspecified atom stereocenters. The van der Waals surface area contributed by atoms with Crippen molar-refractivity contribution in [1.82, 2.24) is 0 Å². The van der Waals surface area contributed by atoms with E-state index < -0.39 is 94.2 Å². The standard InChI is InChI=1S/C44H60O11SSi/c1-10-57(11-2,12-3)23-22-31-24-34-43(26-52-34,54-29(6)45)37-39(53-40(48)30-16-14-13-15-17-30)44(49)25-33(46)28(5)35(41(44,7)8)36(38(47)42(31,37)9)55-56(50,51)32-20-18-27(4)19-21-32/h13-21,31,33-34,36-37,39,46,49H,10-12,22-26H2,1-9H3/t31-,33-,34+,36+,37-,39-,42+,43-,44+/m0/s1. The fourth-order valence-electron chi connectivity index (χ4n) is 10.9. The van der Waals surface area contributed by atoms with Crippen LogP contribution in [0, 0.1) is 29.6 Å². The molecule has 3 fully saturated rings. The van der Waals surface area contributed by atoms with Gasteiger partial charge in [-0.1, -0.05) is 108 Å². The van der Waals surface area contributed by atoms with Gasteiger partial charge >= 0.3 is 11.9 Å². The summed E-state index contributed by atoms with van der Waals surface area (Å²) < 4.78 is 54.0. The molecule has 312 valence electrons. The number of ether oxygens (including phenoxy) is 3. The first kappa shape index (κ1) is 43.4. The van der Waals surface area contributed by atoms with E-state index in [0.717, 1.165) is 29.7 Å². The maximum Gasteiger partial charge on any atom is 0.338 e. The van der Waals surface area contributed by atoms with E-state index in [0.29, 0.717) is 18.4 Å². The lowest BCUT2D eigenvalue weighted by atomic mass is 9.43. The topological polar surface area (TPSA) is 163 Å². The van der Waals surface area contributed by atoms with Gasteiger partial charge in [-0.15, -0.1) is 0 Å². The second kappa shape index (κ2) is 15.4. The van der Waals surface area contributed by atoms with E-state index in [1.54, 1.807) is 70.2 Å². The second-order valence-electron chi connectivity index (χ2n) is 17.8. The summed E-state index contributed by atoms with van der Waals surface area (Å²) in [5.41, 5.74) is -5.48. The predicted molar refractivity (Wildman–Crippen MR) is 217 cm³/mol. The van der Waals surface area contributed by atoms with Crippen LogP contribution in [0.3, 0.4) is 0 Å². The van der Waals surface area contributed by atoms with Gasteiger partial charge in [-0.05, 0) is 61.6 Å². The van der Waals surface area contributed by atoms with Crippen molar-refractivity contribution in [3.05, 3.63) is 76.9 Å². The van der Waals surface area contributed by atoms with Crippen molar-refractivity contribution in [1.29, 1.82) is 0 Å². The number of benzene rings is 2. The molecular formula is C44H60O11SSi. The maximum atomic E-state index is 16.2. The SMILES string of the molecule is CC[Si](CC)(CC)CC[C@H]1C[C@H]2OC[C@@]2(OC(C)=O)[C@H]2[C@H](OC(=O)c3ccccc3)[C@]3(O)C[C@H](O)C(C)=C([C@@H](OS(=O)(=O)c4ccc(C)cc4)C(=O)[C@]12C)C3(C)C. The van der Waals surface area contributed by atoms with Gasteiger partial charge in [0.25, 0.3) is 10.1 Å². The van der Waals surface area contributed by atoms with Gasteiger partial charge in [0.15, 0.2) is 17.5 Å². The molecule has 1 aliphatic heterocycles. The third-order valence-electron chi connectivity index (χ3n) is 14.9. The summed E-state index contributed by atoms with van der Waals surface area (Å²) in [5.74, 6) is -3.79. The molecule has 2 N–H and O–H groups in total. The zero-order valence-electron chi connectivity index (χ0n) is 34.8. The molecule has 0 spiro atoms. The Morgan fingerprint density at radius 1 is 0.965 bits per heavy atom. The highest BCUT2D eigenvalue weighted by Gasteiger charge is 2.78. The molecule has 2 bridgehead atoms. The number of hydrogen-bond donors (Lipinski definition) is 2. The molecule has 2 saturated carbocycles. The Balaban J connectivity index is 1.66.